The van der Waals surface area contributed by atoms with Gasteiger partial charge in [-0.3, -0.25) is 4.99 Å². The number of unbranched alkanes of at least 4 members (excludes halogenated alkanes) is 10. The molecule has 0 atom stereocenters. The van der Waals surface area contributed by atoms with E-state index in [4.69, 9.17) is 9.47 Å². The maximum absolute atomic E-state index is 6.17. The molecule has 0 amide bonds. The summed E-state index contributed by atoms with van der Waals surface area (Å²) in [5, 5.41) is 3.36. The predicted molar refractivity (Wildman–Crippen MR) is 124 cm³/mol. The molecule has 164 valence electrons. The minimum Gasteiger partial charge on any atom is -0.493 e. The molecule has 29 heavy (non-hydrogen) atoms. The van der Waals surface area contributed by atoms with E-state index in [1.807, 2.05) is 12.1 Å². The molecule has 1 aliphatic heterocycles. The second-order valence-electron chi connectivity index (χ2n) is 8.05. The van der Waals surface area contributed by atoms with Crippen molar-refractivity contribution >= 4 is 5.84 Å². The van der Waals surface area contributed by atoms with E-state index in [-0.39, 0.29) is 0 Å². The van der Waals surface area contributed by atoms with Crippen molar-refractivity contribution in [2.75, 3.05) is 26.3 Å². The zero-order chi connectivity index (χ0) is 20.6. The first-order chi connectivity index (χ1) is 14.3. The number of hydrogen-bond donors (Lipinski definition) is 1. The highest BCUT2D eigenvalue weighted by Gasteiger charge is 2.15. The molecule has 1 N–H and O–H groups in total. The number of nitrogens with one attached hydrogen (secondary N) is 1. The minimum absolute atomic E-state index is 0.757. The van der Waals surface area contributed by atoms with Crippen molar-refractivity contribution in [3.63, 3.8) is 0 Å². The zero-order valence-electron chi connectivity index (χ0n) is 18.8. The van der Waals surface area contributed by atoms with E-state index in [1.54, 1.807) is 0 Å². The molecular formula is C25H42N2O2. The number of aliphatic imine (C=N–C) groups is 1. The van der Waals surface area contributed by atoms with Crippen LogP contribution in [-0.4, -0.2) is 32.1 Å². The molecule has 0 unspecified atom stereocenters. The third-order valence-electron chi connectivity index (χ3n) is 5.40. The quantitative estimate of drug-likeness (QED) is 0.302. The van der Waals surface area contributed by atoms with Gasteiger partial charge in [0.1, 0.15) is 17.3 Å². The van der Waals surface area contributed by atoms with Crippen LogP contribution in [0.3, 0.4) is 0 Å². The highest BCUT2D eigenvalue weighted by Crippen LogP contribution is 2.26. The van der Waals surface area contributed by atoms with Crippen LogP contribution >= 0.6 is 0 Å². The third-order valence-corrected chi connectivity index (χ3v) is 5.40. The van der Waals surface area contributed by atoms with Gasteiger partial charge in [-0.25, -0.2) is 0 Å². The second-order valence-corrected chi connectivity index (χ2v) is 8.05. The summed E-state index contributed by atoms with van der Waals surface area (Å²) in [6, 6.07) is 6.18. The fraction of sp³-hybridized carbons (Fsp3) is 0.720. The standard InChI is InChI=1S/C25H42N2O2/c1-3-5-7-9-11-13-19-28-22-15-16-23(25-26-17-18-27-25)24(21-22)29-20-14-12-10-8-6-4-2/h15-16,21H,3-14,17-20H2,1-2H3,(H,26,27). The number of nitrogens with zero attached hydrogens (tertiary/aromatic N) is 1. The fourth-order valence-corrected chi connectivity index (χ4v) is 3.62. The highest BCUT2D eigenvalue weighted by molar-refractivity contribution is 6.02. The van der Waals surface area contributed by atoms with E-state index in [0.29, 0.717) is 0 Å². The molecule has 0 spiro atoms. The Balaban J connectivity index is 1.80. The minimum atomic E-state index is 0.757. The molecule has 1 aliphatic rings. The van der Waals surface area contributed by atoms with E-state index in [9.17, 15) is 0 Å². The number of rotatable bonds is 17. The monoisotopic (exact) mass is 402 g/mol. The lowest BCUT2D eigenvalue weighted by atomic mass is 10.1. The second kappa shape index (κ2) is 15.2. The van der Waals surface area contributed by atoms with Gasteiger partial charge in [0.25, 0.3) is 0 Å². The molecule has 4 nitrogen and oxygen atoms in total. The Kier molecular flexibility index (Phi) is 12.3. The van der Waals surface area contributed by atoms with Crippen LogP contribution in [0.15, 0.2) is 23.2 Å². The van der Waals surface area contributed by atoms with Crippen molar-refractivity contribution < 1.29 is 9.47 Å². The van der Waals surface area contributed by atoms with E-state index < -0.39 is 0 Å². The van der Waals surface area contributed by atoms with Crippen LogP contribution < -0.4 is 14.8 Å². The van der Waals surface area contributed by atoms with Crippen molar-refractivity contribution in [3.05, 3.63) is 23.8 Å². The Labute approximate surface area is 178 Å². The van der Waals surface area contributed by atoms with E-state index >= 15 is 0 Å². The Morgan fingerprint density at radius 1 is 0.793 bits per heavy atom. The number of benzene rings is 1. The lowest BCUT2D eigenvalue weighted by molar-refractivity contribution is 0.289. The van der Waals surface area contributed by atoms with Crippen LogP contribution in [0.4, 0.5) is 0 Å². The molecule has 0 saturated carbocycles. The Hall–Kier alpha value is -1.71. The molecule has 1 aromatic carbocycles. The molecule has 0 saturated heterocycles. The summed E-state index contributed by atoms with van der Waals surface area (Å²) in [6.07, 6.45) is 15.3. The Morgan fingerprint density at radius 2 is 1.41 bits per heavy atom. The molecular weight excluding hydrogens is 360 g/mol. The maximum Gasteiger partial charge on any atom is 0.133 e. The lowest BCUT2D eigenvalue weighted by Crippen LogP contribution is -2.20. The van der Waals surface area contributed by atoms with Crippen molar-refractivity contribution in [2.45, 2.75) is 90.9 Å². The largest absolute Gasteiger partial charge is 0.493 e. The van der Waals surface area contributed by atoms with Gasteiger partial charge in [0.15, 0.2) is 0 Å². The number of amidine groups is 1. The molecule has 4 heteroatoms. The van der Waals surface area contributed by atoms with Gasteiger partial charge >= 0.3 is 0 Å². The van der Waals surface area contributed by atoms with Gasteiger partial charge < -0.3 is 14.8 Å². The number of ether oxygens (including phenoxy) is 2. The molecule has 1 aromatic rings. The van der Waals surface area contributed by atoms with Gasteiger partial charge in [0.2, 0.25) is 0 Å². The summed E-state index contributed by atoms with van der Waals surface area (Å²) >= 11 is 0. The molecule has 0 radical (unpaired) electrons. The van der Waals surface area contributed by atoms with Gasteiger partial charge in [0, 0.05) is 12.6 Å². The summed E-state index contributed by atoms with van der Waals surface area (Å²) in [5.41, 5.74) is 1.06. The average Bonchev–Trinajstić information content (AvgIpc) is 3.27. The highest BCUT2D eigenvalue weighted by atomic mass is 16.5. The Bertz CT molecular complexity index is 586. The van der Waals surface area contributed by atoms with Crippen LogP contribution in [0.2, 0.25) is 0 Å². The zero-order valence-corrected chi connectivity index (χ0v) is 18.8. The molecule has 2 rings (SSSR count). The summed E-state index contributed by atoms with van der Waals surface area (Å²) < 4.78 is 12.2. The molecule has 0 bridgehead atoms. The van der Waals surface area contributed by atoms with E-state index in [1.165, 1.54) is 64.2 Å². The summed E-state index contributed by atoms with van der Waals surface area (Å²) in [6.45, 7) is 7.79. The van der Waals surface area contributed by atoms with Gasteiger partial charge in [0.05, 0.1) is 25.3 Å². The molecule has 0 fully saturated rings. The van der Waals surface area contributed by atoms with E-state index in [0.717, 1.165) is 62.0 Å². The fourth-order valence-electron chi connectivity index (χ4n) is 3.62. The van der Waals surface area contributed by atoms with Gasteiger partial charge in [-0.05, 0) is 25.0 Å². The smallest absolute Gasteiger partial charge is 0.133 e. The first-order valence-electron chi connectivity index (χ1n) is 12.0. The van der Waals surface area contributed by atoms with Gasteiger partial charge in [-0.2, -0.15) is 0 Å². The average molecular weight is 403 g/mol. The summed E-state index contributed by atoms with van der Waals surface area (Å²) in [4.78, 5) is 4.57. The van der Waals surface area contributed by atoms with Crippen molar-refractivity contribution in [3.8, 4) is 11.5 Å². The lowest BCUT2D eigenvalue weighted by Gasteiger charge is -2.14. The van der Waals surface area contributed by atoms with Crippen LogP contribution in [0, 0.1) is 0 Å². The topological polar surface area (TPSA) is 42.8 Å². The van der Waals surface area contributed by atoms with Crippen LogP contribution in [-0.2, 0) is 0 Å². The van der Waals surface area contributed by atoms with Gasteiger partial charge in [-0.15, -0.1) is 0 Å². The maximum atomic E-state index is 6.17. The Morgan fingerprint density at radius 3 is 2.03 bits per heavy atom. The third kappa shape index (κ3) is 9.56. The summed E-state index contributed by atoms with van der Waals surface area (Å²) in [5.74, 6) is 2.75. The van der Waals surface area contributed by atoms with Crippen LogP contribution in [0.25, 0.3) is 0 Å². The van der Waals surface area contributed by atoms with Crippen molar-refractivity contribution in [1.82, 2.24) is 5.32 Å². The van der Waals surface area contributed by atoms with Gasteiger partial charge in [-0.1, -0.05) is 78.1 Å². The SMILES string of the molecule is CCCCCCCCOc1ccc(C2=NCCN2)c(OCCCCCCCC)c1. The molecule has 0 aliphatic carbocycles. The molecule has 1 heterocycles. The normalized spacial score (nSPS) is 13.2. The van der Waals surface area contributed by atoms with Crippen LogP contribution in [0.1, 0.15) is 96.5 Å². The predicted octanol–water partition coefficient (Wildman–Crippen LogP) is 6.52. The van der Waals surface area contributed by atoms with Crippen LogP contribution in [0.5, 0.6) is 11.5 Å². The summed E-state index contributed by atoms with van der Waals surface area (Å²) in [7, 11) is 0. The number of hydrogen-bond acceptors (Lipinski definition) is 4. The van der Waals surface area contributed by atoms with E-state index in [2.05, 4.69) is 30.2 Å². The first-order valence-corrected chi connectivity index (χ1v) is 12.0. The van der Waals surface area contributed by atoms with Crippen molar-refractivity contribution in [1.29, 1.82) is 0 Å². The van der Waals surface area contributed by atoms with Crippen molar-refractivity contribution in [2.24, 2.45) is 4.99 Å². The first kappa shape index (κ1) is 23.6. The molecule has 0 aromatic heterocycles.